The van der Waals surface area contributed by atoms with Gasteiger partial charge in [0.25, 0.3) is 0 Å². The van der Waals surface area contributed by atoms with E-state index in [1.807, 2.05) is 0 Å². The first-order valence-corrected chi connectivity index (χ1v) is 15.6. The van der Waals surface area contributed by atoms with Gasteiger partial charge in [0, 0.05) is 38.8 Å². The third kappa shape index (κ3) is 5.35. The largest absolute Gasteiger partial charge is 0.355 e. The maximum absolute atomic E-state index is 15.7. The molecule has 2 aliphatic rings. The van der Waals surface area contributed by atoms with Crippen molar-refractivity contribution in [3.05, 3.63) is 141 Å². The highest BCUT2D eigenvalue weighted by atomic mass is 19.2. The minimum atomic E-state index is -2.36. The zero-order valence-electron chi connectivity index (χ0n) is 26.8. The summed E-state index contributed by atoms with van der Waals surface area (Å²) >= 11 is 0. The molecule has 8 bridgehead atoms. The molecular weight excluding hydrogens is 726 g/mol. The first-order chi connectivity index (χ1) is 25.9. The van der Waals surface area contributed by atoms with Crippen molar-refractivity contribution in [2.75, 3.05) is 0 Å². The molecule has 3 aromatic heterocycles. The van der Waals surface area contributed by atoms with Crippen LogP contribution in [0.1, 0.15) is 28.3 Å². The van der Waals surface area contributed by atoms with E-state index in [4.69, 9.17) is 6.42 Å². The van der Waals surface area contributed by atoms with E-state index in [0.29, 0.717) is 11.1 Å². The smallest absolute Gasteiger partial charge is 0.200 e. The number of rotatable bonds is 3. The molecule has 0 aliphatic carbocycles. The first-order valence-electron chi connectivity index (χ1n) is 15.6. The van der Waals surface area contributed by atoms with Crippen LogP contribution in [0.2, 0.25) is 0 Å². The number of aromatic nitrogens is 4. The summed E-state index contributed by atoms with van der Waals surface area (Å²) in [7, 11) is 0. The molecule has 0 spiro atoms. The van der Waals surface area contributed by atoms with E-state index in [2.05, 4.69) is 25.9 Å². The number of hydrogen-bond donors (Lipinski definition) is 2. The Kier molecular flexibility index (Phi) is 8.02. The van der Waals surface area contributed by atoms with E-state index < -0.39 is 80.4 Å². The van der Waals surface area contributed by atoms with Gasteiger partial charge in [0.1, 0.15) is 0 Å². The standard InChI is InChI=1S/C40H16F10N4/c1-2-16-3-5-17(6-4-16)22-15-21-14-20-8-11-24(52-20)26(28-30(41)34(45)38(49)35(46)31(28)42)23-10-7-18(51-23)13-19-9-12-25(53-19)27(40(22)54-21)29-32(43)36(47)39(50)37(48)33(29)44/h1,3-15,51,54H. The van der Waals surface area contributed by atoms with Crippen molar-refractivity contribution in [3.8, 4) is 45.7 Å². The van der Waals surface area contributed by atoms with Crippen molar-refractivity contribution < 1.29 is 43.9 Å². The number of nitrogens with zero attached hydrogens (tertiary/aromatic N) is 2. The lowest BCUT2D eigenvalue weighted by Gasteiger charge is -2.11. The van der Waals surface area contributed by atoms with Gasteiger partial charge in [-0.1, -0.05) is 18.1 Å². The quantitative estimate of drug-likeness (QED) is 0.0820. The molecule has 0 atom stereocenters. The number of terminal acetylenes is 1. The van der Waals surface area contributed by atoms with Crippen LogP contribution in [0.4, 0.5) is 43.9 Å². The van der Waals surface area contributed by atoms with Crippen LogP contribution in [0.3, 0.4) is 0 Å². The predicted octanol–water partition coefficient (Wildman–Crippen LogP) is 11.0. The molecule has 0 amide bonds. The summed E-state index contributed by atoms with van der Waals surface area (Å²) in [5, 5.41) is 0. The van der Waals surface area contributed by atoms with Crippen LogP contribution in [0.25, 0.3) is 79.8 Å². The van der Waals surface area contributed by atoms with Crippen LogP contribution in [0.5, 0.6) is 0 Å². The summed E-state index contributed by atoms with van der Waals surface area (Å²) in [4.78, 5) is 14.6. The van der Waals surface area contributed by atoms with E-state index in [1.54, 1.807) is 24.3 Å². The van der Waals surface area contributed by atoms with E-state index in [-0.39, 0.29) is 50.4 Å². The zero-order valence-corrected chi connectivity index (χ0v) is 26.8. The van der Waals surface area contributed by atoms with Gasteiger partial charge in [-0.2, -0.15) is 0 Å². The average Bonchev–Trinajstić information content (AvgIpc) is 4.00. The molecule has 0 saturated carbocycles. The summed E-state index contributed by atoms with van der Waals surface area (Å²) in [6.45, 7) is 0. The van der Waals surface area contributed by atoms with Crippen molar-refractivity contribution in [1.29, 1.82) is 0 Å². The van der Waals surface area contributed by atoms with Gasteiger partial charge in [-0.15, -0.1) is 6.42 Å². The molecule has 2 N–H and O–H groups in total. The van der Waals surface area contributed by atoms with Gasteiger partial charge in [0.15, 0.2) is 46.5 Å². The Morgan fingerprint density at radius 3 is 1.48 bits per heavy atom. The lowest BCUT2D eigenvalue weighted by atomic mass is 9.97. The number of H-pyrrole nitrogens is 2. The topological polar surface area (TPSA) is 57.4 Å². The molecule has 266 valence electrons. The fourth-order valence-electron chi connectivity index (χ4n) is 6.31. The van der Waals surface area contributed by atoms with Gasteiger partial charge in [-0.25, -0.2) is 53.9 Å². The molecule has 0 radical (unpaired) electrons. The fourth-order valence-corrected chi connectivity index (χ4v) is 6.31. The third-order valence-electron chi connectivity index (χ3n) is 8.79. The molecule has 54 heavy (non-hydrogen) atoms. The van der Waals surface area contributed by atoms with Crippen LogP contribution >= 0.6 is 0 Å². The maximum Gasteiger partial charge on any atom is 0.200 e. The minimum Gasteiger partial charge on any atom is -0.355 e. The number of halogens is 10. The first kappa shape index (κ1) is 34.2. The van der Waals surface area contributed by atoms with Gasteiger partial charge in [0.05, 0.1) is 39.4 Å². The van der Waals surface area contributed by atoms with Gasteiger partial charge >= 0.3 is 0 Å². The SMILES string of the molecule is C#Cc1ccc(-c2cc3cc4nc(c(-c5c(F)c(F)c(F)c(F)c5F)c5ccc(cc6nc(c(-c7c(F)c(F)c(F)c(F)c7F)c2[nH]3)C=C6)[nH]5)C=C4)cc1. The molecule has 8 rings (SSSR count). The molecular formula is C40H16F10N4. The normalized spacial score (nSPS) is 12.1. The highest BCUT2D eigenvalue weighted by Gasteiger charge is 2.31. The molecule has 0 unspecified atom stereocenters. The van der Waals surface area contributed by atoms with Crippen molar-refractivity contribution in [3.63, 3.8) is 0 Å². The number of hydrogen-bond acceptors (Lipinski definition) is 2. The number of nitrogens with one attached hydrogen (secondary N) is 2. The minimum absolute atomic E-state index is 0.0605. The van der Waals surface area contributed by atoms with Crippen LogP contribution < -0.4 is 0 Å². The second-order valence-corrected chi connectivity index (χ2v) is 12.0. The lowest BCUT2D eigenvalue weighted by molar-refractivity contribution is 0.381. The van der Waals surface area contributed by atoms with Crippen molar-refractivity contribution in [2.45, 2.75) is 0 Å². The van der Waals surface area contributed by atoms with E-state index >= 15 is 17.6 Å². The summed E-state index contributed by atoms with van der Waals surface area (Å²) in [5.74, 6) is -19.4. The Labute approximate surface area is 296 Å². The molecule has 14 heteroatoms. The van der Waals surface area contributed by atoms with Gasteiger partial charge in [-0.3, -0.25) is 0 Å². The Hall–Kier alpha value is -6.88. The van der Waals surface area contributed by atoms with Crippen molar-refractivity contribution in [1.82, 2.24) is 19.9 Å². The van der Waals surface area contributed by atoms with Crippen molar-refractivity contribution in [2.24, 2.45) is 0 Å². The highest BCUT2D eigenvalue weighted by Crippen LogP contribution is 2.41. The van der Waals surface area contributed by atoms with Gasteiger partial charge in [0.2, 0.25) is 11.6 Å². The Balaban J connectivity index is 1.55. The summed E-state index contributed by atoms with van der Waals surface area (Å²) < 4.78 is 149. The summed E-state index contributed by atoms with van der Waals surface area (Å²) in [5.41, 5.74) is -2.75. The number of aromatic amines is 2. The average molecular weight is 743 g/mol. The van der Waals surface area contributed by atoms with E-state index in [1.165, 1.54) is 54.6 Å². The Morgan fingerprint density at radius 1 is 0.463 bits per heavy atom. The zero-order chi connectivity index (χ0) is 38.2. The summed E-state index contributed by atoms with van der Waals surface area (Å²) in [6, 6.07) is 13.1. The van der Waals surface area contributed by atoms with Gasteiger partial charge < -0.3 is 9.97 Å². The summed E-state index contributed by atoms with van der Waals surface area (Å²) in [6.07, 6.45) is 10.8. The molecule has 2 aliphatic heterocycles. The van der Waals surface area contributed by atoms with Crippen LogP contribution in [0, 0.1) is 70.5 Å². The Bertz CT molecular complexity index is 2840. The van der Waals surface area contributed by atoms with Crippen LogP contribution in [-0.4, -0.2) is 19.9 Å². The molecule has 5 heterocycles. The molecule has 6 aromatic rings. The van der Waals surface area contributed by atoms with Gasteiger partial charge in [-0.05, 0) is 72.3 Å². The Morgan fingerprint density at radius 2 is 0.944 bits per heavy atom. The predicted molar refractivity (Wildman–Crippen MR) is 183 cm³/mol. The van der Waals surface area contributed by atoms with Crippen LogP contribution in [0.15, 0.2) is 54.6 Å². The van der Waals surface area contributed by atoms with E-state index in [0.717, 1.165) is 0 Å². The lowest BCUT2D eigenvalue weighted by Crippen LogP contribution is -2.05. The maximum atomic E-state index is 15.7. The second kappa shape index (κ2) is 12.7. The fraction of sp³-hybridized carbons (Fsp3) is 0. The monoisotopic (exact) mass is 742 g/mol. The molecule has 3 aromatic carbocycles. The van der Waals surface area contributed by atoms with E-state index in [9.17, 15) is 26.3 Å². The second-order valence-electron chi connectivity index (χ2n) is 12.0. The number of benzene rings is 3. The molecule has 0 fully saturated rings. The third-order valence-corrected chi connectivity index (χ3v) is 8.79. The van der Waals surface area contributed by atoms with Crippen molar-refractivity contribution >= 4 is 46.4 Å². The number of fused-ring (bicyclic) bond motifs is 8. The molecule has 4 nitrogen and oxygen atoms in total. The highest BCUT2D eigenvalue weighted by molar-refractivity contribution is 6.00. The molecule has 0 saturated heterocycles. The van der Waals surface area contributed by atoms with Crippen LogP contribution in [-0.2, 0) is 0 Å².